The lowest BCUT2D eigenvalue weighted by atomic mass is 10.0. The lowest BCUT2D eigenvalue weighted by Crippen LogP contribution is -2.15. The molecule has 0 heterocycles. The Morgan fingerprint density at radius 1 is 0.564 bits per heavy atom. The summed E-state index contributed by atoms with van der Waals surface area (Å²) in [7, 11) is 3.02. The number of Topliss-reactive ketones (excluding diaryl/α,β-unsaturated/α-hetero) is 2. The van der Waals surface area contributed by atoms with Gasteiger partial charge in [-0.3, -0.25) is 9.59 Å². The normalized spacial score (nSPS) is 10.8. The number of carbonyl (C=O) groups excluding carboxylic acids is 2. The SMILES string of the molecule is COc1ccc(C(=O)C(=O)c2ccc(OC)c(OCCOCCOCCOCCOCCOCCO)c2)cc1. The van der Waals surface area contributed by atoms with E-state index in [-0.39, 0.29) is 24.3 Å². The Hall–Kier alpha value is -3.06. The maximum atomic E-state index is 12.7. The highest BCUT2D eigenvalue weighted by Gasteiger charge is 2.20. The number of hydrogen-bond acceptors (Lipinski definition) is 11. The molecule has 0 fully saturated rings. The summed E-state index contributed by atoms with van der Waals surface area (Å²) in [6.45, 7) is 4.34. The maximum absolute atomic E-state index is 12.7. The van der Waals surface area contributed by atoms with Gasteiger partial charge in [-0.1, -0.05) is 0 Å². The highest BCUT2D eigenvalue weighted by atomic mass is 16.6. The van der Waals surface area contributed by atoms with Crippen molar-refractivity contribution in [2.24, 2.45) is 0 Å². The molecule has 0 aliphatic heterocycles. The molecule has 11 nitrogen and oxygen atoms in total. The molecule has 0 saturated carbocycles. The van der Waals surface area contributed by atoms with Gasteiger partial charge in [0, 0.05) is 11.1 Å². The molecular weight excluding hydrogens is 512 g/mol. The van der Waals surface area contributed by atoms with Crippen molar-refractivity contribution in [3.05, 3.63) is 53.6 Å². The Morgan fingerprint density at radius 2 is 1.03 bits per heavy atom. The van der Waals surface area contributed by atoms with Gasteiger partial charge in [-0.05, 0) is 42.5 Å². The summed E-state index contributed by atoms with van der Waals surface area (Å²) in [6.07, 6.45) is 0. The Bertz CT molecular complexity index is 962. The van der Waals surface area contributed by atoms with Gasteiger partial charge in [0.1, 0.15) is 12.4 Å². The highest BCUT2D eigenvalue weighted by molar-refractivity contribution is 6.49. The van der Waals surface area contributed by atoms with Crippen molar-refractivity contribution in [3.8, 4) is 17.2 Å². The van der Waals surface area contributed by atoms with Gasteiger partial charge in [0.15, 0.2) is 11.5 Å². The minimum absolute atomic E-state index is 0.00599. The van der Waals surface area contributed by atoms with E-state index >= 15 is 0 Å². The van der Waals surface area contributed by atoms with Gasteiger partial charge >= 0.3 is 0 Å². The second kappa shape index (κ2) is 19.9. The fraction of sp³-hybridized carbons (Fsp3) is 0.500. The molecule has 0 aliphatic rings. The number of hydrogen-bond donors (Lipinski definition) is 1. The van der Waals surface area contributed by atoms with Crippen molar-refractivity contribution >= 4 is 11.6 Å². The molecule has 0 unspecified atom stereocenters. The van der Waals surface area contributed by atoms with Gasteiger partial charge in [0.2, 0.25) is 11.6 Å². The first kappa shape index (κ1) is 32.2. The van der Waals surface area contributed by atoms with Crippen LogP contribution in [-0.4, -0.2) is 110 Å². The van der Waals surface area contributed by atoms with Crippen LogP contribution in [0, 0.1) is 0 Å². The zero-order chi connectivity index (χ0) is 28.1. The van der Waals surface area contributed by atoms with Crippen molar-refractivity contribution < 1.29 is 52.6 Å². The molecule has 39 heavy (non-hydrogen) atoms. The van der Waals surface area contributed by atoms with Gasteiger partial charge in [-0.2, -0.15) is 0 Å². The molecule has 0 aromatic heterocycles. The van der Waals surface area contributed by atoms with Gasteiger partial charge < -0.3 is 43.0 Å². The number of ketones is 2. The number of benzene rings is 2. The van der Waals surface area contributed by atoms with Crippen molar-refractivity contribution in [3.63, 3.8) is 0 Å². The lowest BCUT2D eigenvalue weighted by Gasteiger charge is -2.12. The molecule has 0 aliphatic carbocycles. The van der Waals surface area contributed by atoms with Crippen LogP contribution in [-0.2, 0) is 23.7 Å². The van der Waals surface area contributed by atoms with Gasteiger partial charge in [0.05, 0.1) is 86.9 Å². The van der Waals surface area contributed by atoms with Crippen LogP contribution >= 0.6 is 0 Å². The van der Waals surface area contributed by atoms with E-state index in [2.05, 4.69) is 0 Å². The van der Waals surface area contributed by atoms with Crippen LogP contribution < -0.4 is 14.2 Å². The van der Waals surface area contributed by atoms with E-state index in [0.29, 0.717) is 83.3 Å². The first-order chi connectivity index (χ1) is 19.1. The summed E-state index contributed by atoms with van der Waals surface area (Å²) >= 11 is 0. The molecule has 0 bridgehead atoms. The minimum atomic E-state index is -0.651. The van der Waals surface area contributed by atoms with Crippen LogP contribution in [0.15, 0.2) is 42.5 Å². The lowest BCUT2D eigenvalue weighted by molar-refractivity contribution is -0.0147. The van der Waals surface area contributed by atoms with Crippen LogP contribution in [0.2, 0.25) is 0 Å². The molecule has 0 amide bonds. The van der Waals surface area contributed by atoms with Crippen molar-refractivity contribution in [2.45, 2.75) is 0 Å². The first-order valence-corrected chi connectivity index (χ1v) is 12.6. The number of aliphatic hydroxyl groups is 1. The molecular formula is C28H38O11. The average Bonchev–Trinajstić information content (AvgIpc) is 2.97. The standard InChI is InChI=1S/C28H38O11/c1-32-24-6-3-22(4-7-24)27(30)28(31)23-5-8-25(33-2)26(21-23)39-20-19-38-18-17-37-16-15-36-14-13-35-12-11-34-10-9-29/h3-8,21,29H,9-20H2,1-2H3. The number of aliphatic hydroxyl groups excluding tert-OH is 1. The number of methoxy groups -OCH3 is 2. The largest absolute Gasteiger partial charge is 0.497 e. The van der Waals surface area contributed by atoms with Crippen LogP contribution in [0.4, 0.5) is 0 Å². The molecule has 1 N–H and O–H groups in total. The van der Waals surface area contributed by atoms with Gasteiger partial charge in [-0.25, -0.2) is 0 Å². The van der Waals surface area contributed by atoms with E-state index in [9.17, 15) is 9.59 Å². The van der Waals surface area contributed by atoms with E-state index < -0.39 is 11.6 Å². The van der Waals surface area contributed by atoms with Crippen molar-refractivity contribution in [2.75, 3.05) is 93.5 Å². The predicted molar refractivity (Wildman–Crippen MR) is 141 cm³/mol. The summed E-state index contributed by atoms with van der Waals surface area (Å²) < 4.78 is 42.9. The van der Waals surface area contributed by atoms with Crippen LogP contribution in [0.1, 0.15) is 20.7 Å². The molecule has 2 aromatic rings. The van der Waals surface area contributed by atoms with E-state index in [1.807, 2.05) is 0 Å². The molecule has 2 aromatic carbocycles. The number of ether oxygens (including phenoxy) is 8. The van der Waals surface area contributed by atoms with E-state index in [0.717, 1.165) is 0 Å². The maximum Gasteiger partial charge on any atom is 0.233 e. The zero-order valence-corrected chi connectivity index (χ0v) is 22.6. The zero-order valence-electron chi connectivity index (χ0n) is 22.6. The molecule has 216 valence electrons. The first-order valence-electron chi connectivity index (χ1n) is 12.6. The third kappa shape index (κ3) is 12.6. The van der Waals surface area contributed by atoms with Crippen molar-refractivity contribution in [1.82, 2.24) is 0 Å². The molecule has 11 heteroatoms. The van der Waals surface area contributed by atoms with E-state index in [4.69, 9.17) is 43.0 Å². The second-order valence-electron chi connectivity index (χ2n) is 7.89. The fourth-order valence-corrected chi connectivity index (χ4v) is 3.19. The summed E-state index contributed by atoms with van der Waals surface area (Å²) in [4.78, 5) is 25.4. The number of carbonyl (C=O) groups is 2. The number of rotatable bonds is 23. The quantitative estimate of drug-likeness (QED) is 0.124. The Morgan fingerprint density at radius 3 is 1.51 bits per heavy atom. The predicted octanol–water partition coefficient (Wildman–Crippen LogP) is 2.22. The molecule has 2 rings (SSSR count). The Labute approximate surface area is 228 Å². The third-order valence-electron chi connectivity index (χ3n) is 5.19. The summed E-state index contributed by atoms with van der Waals surface area (Å²) in [5, 5.41) is 8.58. The van der Waals surface area contributed by atoms with Crippen molar-refractivity contribution in [1.29, 1.82) is 0 Å². The van der Waals surface area contributed by atoms with Crippen LogP contribution in [0.5, 0.6) is 17.2 Å². The van der Waals surface area contributed by atoms with E-state index in [1.54, 1.807) is 30.3 Å². The Balaban J connectivity index is 1.60. The topological polar surface area (TPSA) is 128 Å². The average molecular weight is 551 g/mol. The molecule has 0 atom stereocenters. The third-order valence-corrected chi connectivity index (χ3v) is 5.19. The monoisotopic (exact) mass is 550 g/mol. The van der Waals surface area contributed by atoms with Crippen LogP contribution in [0.25, 0.3) is 0 Å². The van der Waals surface area contributed by atoms with Gasteiger partial charge in [-0.15, -0.1) is 0 Å². The summed E-state index contributed by atoms with van der Waals surface area (Å²) in [6, 6.07) is 10.9. The smallest absolute Gasteiger partial charge is 0.233 e. The van der Waals surface area contributed by atoms with Crippen LogP contribution in [0.3, 0.4) is 0 Å². The van der Waals surface area contributed by atoms with Gasteiger partial charge in [0.25, 0.3) is 0 Å². The summed E-state index contributed by atoms with van der Waals surface area (Å²) in [5.41, 5.74) is 0.467. The van der Waals surface area contributed by atoms with E-state index in [1.165, 1.54) is 26.4 Å². The minimum Gasteiger partial charge on any atom is -0.497 e. The molecule has 0 saturated heterocycles. The highest BCUT2D eigenvalue weighted by Crippen LogP contribution is 2.28. The summed E-state index contributed by atoms with van der Waals surface area (Å²) in [5.74, 6) is 0.0898. The molecule has 0 spiro atoms. The molecule has 0 radical (unpaired) electrons. The Kier molecular flexibility index (Phi) is 16.4. The second-order valence-corrected chi connectivity index (χ2v) is 7.89. The fourth-order valence-electron chi connectivity index (χ4n) is 3.19.